The van der Waals surface area contributed by atoms with Gasteiger partial charge in [-0.15, -0.1) is 0 Å². The van der Waals surface area contributed by atoms with Gasteiger partial charge in [-0.3, -0.25) is 0 Å². The Morgan fingerprint density at radius 2 is 1.96 bits per heavy atom. The molecule has 0 spiro atoms. The Morgan fingerprint density at radius 1 is 1.31 bits per heavy atom. The van der Waals surface area contributed by atoms with E-state index >= 15 is 0 Å². The molecule has 2 atom stereocenters. The first-order valence-corrected chi connectivity index (χ1v) is 9.11. The van der Waals surface area contributed by atoms with E-state index in [0.29, 0.717) is 19.6 Å². The first-order valence-electron chi connectivity index (χ1n) is 9.11. The molecule has 1 saturated heterocycles. The Kier molecular flexibility index (Phi) is 6.53. The van der Waals surface area contributed by atoms with Crippen LogP contribution in [0.1, 0.15) is 47.1 Å². The molecule has 0 saturated carbocycles. The Bertz CT molecular complexity index is 591. The third-order valence-corrected chi connectivity index (χ3v) is 3.87. The predicted octanol–water partition coefficient (Wildman–Crippen LogP) is 3.67. The molecule has 6 nitrogen and oxygen atoms in total. The minimum atomic E-state index is -0.655. The Labute approximate surface area is 156 Å². The number of benzene rings is 1. The summed E-state index contributed by atoms with van der Waals surface area (Å²) in [5.41, 5.74) is 0.517. The van der Waals surface area contributed by atoms with Crippen molar-refractivity contribution in [3.8, 4) is 5.75 Å². The molecule has 6 heteroatoms. The van der Waals surface area contributed by atoms with E-state index < -0.39 is 17.5 Å². The molecule has 0 aliphatic carbocycles. The Balaban J connectivity index is 2.08. The molecular formula is C20H31NO5. The monoisotopic (exact) mass is 365 g/mol. The van der Waals surface area contributed by atoms with E-state index in [-0.39, 0.29) is 12.1 Å². The highest BCUT2D eigenvalue weighted by Crippen LogP contribution is 2.26. The van der Waals surface area contributed by atoms with E-state index in [2.05, 4.69) is 5.32 Å². The highest BCUT2D eigenvalue weighted by molar-refractivity contribution is 5.68. The van der Waals surface area contributed by atoms with E-state index in [1.54, 1.807) is 0 Å². The summed E-state index contributed by atoms with van der Waals surface area (Å²) in [6.45, 7) is 12.3. The molecule has 1 aliphatic rings. The summed E-state index contributed by atoms with van der Waals surface area (Å²) in [6.07, 6.45) is -0.0960. The molecule has 1 aromatic rings. The van der Waals surface area contributed by atoms with Crippen LogP contribution in [0.15, 0.2) is 24.3 Å². The SMILES string of the molecule is CCOc1ccc(C[C@H](NC(=O)OC(C)(C)C)C2COC(C)(C)O2)cc1. The van der Waals surface area contributed by atoms with E-state index in [9.17, 15) is 4.79 Å². The predicted molar refractivity (Wildman–Crippen MR) is 99.4 cm³/mol. The number of hydrogen-bond donors (Lipinski definition) is 1. The van der Waals surface area contributed by atoms with Gasteiger partial charge in [0.05, 0.1) is 19.3 Å². The van der Waals surface area contributed by atoms with Crippen molar-refractivity contribution in [3.63, 3.8) is 0 Å². The van der Waals surface area contributed by atoms with Crippen LogP contribution in [0.4, 0.5) is 4.79 Å². The zero-order valence-electron chi connectivity index (χ0n) is 16.6. The fourth-order valence-electron chi connectivity index (χ4n) is 2.79. The van der Waals surface area contributed by atoms with Gasteiger partial charge in [-0.2, -0.15) is 0 Å². The molecule has 0 aromatic heterocycles. The quantitative estimate of drug-likeness (QED) is 0.833. The maximum absolute atomic E-state index is 12.3. The molecule has 1 aromatic carbocycles. The molecule has 1 heterocycles. The number of alkyl carbamates (subject to hydrolysis) is 1. The fourth-order valence-corrected chi connectivity index (χ4v) is 2.79. The van der Waals surface area contributed by atoms with Gasteiger partial charge in [-0.25, -0.2) is 4.79 Å². The summed E-state index contributed by atoms with van der Waals surface area (Å²) in [4.78, 5) is 12.3. The highest BCUT2D eigenvalue weighted by Gasteiger charge is 2.38. The standard InChI is InChI=1S/C20H31NO5/c1-7-23-15-10-8-14(9-11-15)12-16(17-13-24-20(5,6)25-17)21-18(22)26-19(2,3)4/h8-11,16-17H,7,12-13H2,1-6H3,(H,21,22)/t16-,17?/m0/s1. The highest BCUT2D eigenvalue weighted by atomic mass is 16.7. The van der Waals surface area contributed by atoms with Crippen LogP contribution in [0.2, 0.25) is 0 Å². The van der Waals surface area contributed by atoms with Gasteiger partial charge < -0.3 is 24.3 Å². The summed E-state index contributed by atoms with van der Waals surface area (Å²) in [5.74, 6) is 0.173. The second-order valence-electron chi connectivity index (χ2n) is 7.90. The largest absolute Gasteiger partial charge is 0.494 e. The molecule has 1 N–H and O–H groups in total. The smallest absolute Gasteiger partial charge is 0.407 e. The molecule has 1 unspecified atom stereocenters. The van der Waals surface area contributed by atoms with Gasteiger partial charge in [0.2, 0.25) is 0 Å². The topological polar surface area (TPSA) is 66.0 Å². The fraction of sp³-hybridized carbons (Fsp3) is 0.650. The van der Waals surface area contributed by atoms with Gasteiger partial charge in [-0.05, 0) is 65.7 Å². The van der Waals surface area contributed by atoms with E-state index in [1.165, 1.54) is 0 Å². The van der Waals surface area contributed by atoms with Crippen molar-refractivity contribution in [1.29, 1.82) is 0 Å². The number of nitrogens with one attached hydrogen (secondary N) is 1. The number of carbonyl (C=O) groups is 1. The molecular weight excluding hydrogens is 334 g/mol. The second kappa shape index (κ2) is 8.27. The molecule has 2 rings (SSSR count). The molecule has 26 heavy (non-hydrogen) atoms. The van der Waals surface area contributed by atoms with Gasteiger partial charge in [-0.1, -0.05) is 12.1 Å². The van der Waals surface area contributed by atoms with E-state index in [0.717, 1.165) is 11.3 Å². The van der Waals surface area contributed by atoms with Crippen molar-refractivity contribution >= 4 is 6.09 Å². The van der Waals surface area contributed by atoms with Crippen molar-refractivity contribution in [2.45, 2.75) is 71.5 Å². The maximum atomic E-state index is 12.3. The van der Waals surface area contributed by atoms with Gasteiger partial charge in [0.1, 0.15) is 17.5 Å². The minimum absolute atomic E-state index is 0.246. The number of rotatable bonds is 6. The molecule has 1 aliphatic heterocycles. The van der Waals surface area contributed by atoms with Gasteiger partial charge in [0.25, 0.3) is 0 Å². The second-order valence-corrected chi connectivity index (χ2v) is 7.90. The van der Waals surface area contributed by atoms with Crippen LogP contribution in [0.3, 0.4) is 0 Å². The van der Waals surface area contributed by atoms with Crippen molar-refractivity contribution in [2.75, 3.05) is 13.2 Å². The van der Waals surface area contributed by atoms with Crippen molar-refractivity contribution in [3.05, 3.63) is 29.8 Å². The van der Waals surface area contributed by atoms with Crippen LogP contribution in [0, 0.1) is 0 Å². The normalized spacial score (nSPS) is 20.5. The van der Waals surface area contributed by atoms with Crippen molar-refractivity contribution in [1.82, 2.24) is 5.32 Å². The zero-order chi connectivity index (χ0) is 19.4. The maximum Gasteiger partial charge on any atom is 0.407 e. The van der Waals surface area contributed by atoms with Crippen LogP contribution >= 0.6 is 0 Å². The lowest BCUT2D eigenvalue weighted by Gasteiger charge is -2.27. The lowest BCUT2D eigenvalue weighted by molar-refractivity contribution is -0.141. The van der Waals surface area contributed by atoms with Gasteiger partial charge in [0, 0.05) is 0 Å². The van der Waals surface area contributed by atoms with E-state index in [1.807, 2.05) is 65.8 Å². The first kappa shape index (κ1) is 20.5. The number of amides is 1. The van der Waals surface area contributed by atoms with Gasteiger partial charge >= 0.3 is 6.09 Å². The van der Waals surface area contributed by atoms with Crippen LogP contribution in [-0.2, 0) is 20.6 Å². The zero-order valence-corrected chi connectivity index (χ0v) is 16.6. The summed E-state index contributed by atoms with van der Waals surface area (Å²) in [6, 6.07) is 7.59. The molecule has 1 fully saturated rings. The third-order valence-electron chi connectivity index (χ3n) is 3.87. The van der Waals surface area contributed by atoms with Crippen LogP contribution in [0.25, 0.3) is 0 Å². The van der Waals surface area contributed by atoms with Crippen LogP contribution in [0.5, 0.6) is 5.75 Å². The molecule has 146 valence electrons. The summed E-state index contributed by atoms with van der Waals surface area (Å²) < 4.78 is 22.5. The van der Waals surface area contributed by atoms with Crippen molar-refractivity contribution in [2.24, 2.45) is 0 Å². The summed E-state index contributed by atoms with van der Waals surface area (Å²) >= 11 is 0. The summed E-state index contributed by atoms with van der Waals surface area (Å²) in [7, 11) is 0. The lowest BCUT2D eigenvalue weighted by Crippen LogP contribution is -2.48. The summed E-state index contributed by atoms with van der Waals surface area (Å²) in [5, 5.41) is 2.94. The Hall–Kier alpha value is -1.79. The van der Waals surface area contributed by atoms with Gasteiger partial charge in [0.15, 0.2) is 5.79 Å². The molecule has 0 radical (unpaired) electrons. The first-order chi connectivity index (χ1) is 12.1. The third kappa shape index (κ3) is 6.50. The number of hydrogen-bond acceptors (Lipinski definition) is 5. The minimum Gasteiger partial charge on any atom is -0.494 e. The average Bonchev–Trinajstić information content (AvgIpc) is 2.87. The number of ether oxygens (including phenoxy) is 4. The molecule has 0 bridgehead atoms. The van der Waals surface area contributed by atoms with Crippen molar-refractivity contribution < 1.29 is 23.7 Å². The number of carbonyl (C=O) groups excluding carboxylic acids is 1. The van der Waals surface area contributed by atoms with Crippen LogP contribution in [-0.4, -0.2) is 42.8 Å². The average molecular weight is 365 g/mol. The molecule has 1 amide bonds. The van der Waals surface area contributed by atoms with Crippen LogP contribution < -0.4 is 10.1 Å². The Morgan fingerprint density at radius 3 is 2.46 bits per heavy atom. The lowest BCUT2D eigenvalue weighted by atomic mass is 10.0. The van der Waals surface area contributed by atoms with E-state index in [4.69, 9.17) is 18.9 Å².